The van der Waals surface area contributed by atoms with Crippen LogP contribution in [0.4, 0.5) is 0 Å². The third-order valence-corrected chi connectivity index (χ3v) is 9.73. The van der Waals surface area contributed by atoms with E-state index in [9.17, 15) is 4.79 Å². The molecule has 4 aliphatic rings. The van der Waals surface area contributed by atoms with E-state index in [1.165, 1.54) is 64.9 Å². The van der Waals surface area contributed by atoms with Crippen LogP contribution in [0.15, 0.2) is 11.6 Å². The molecule has 0 radical (unpaired) electrons. The zero-order valence-electron chi connectivity index (χ0n) is 18.1. The van der Waals surface area contributed by atoms with Crippen LogP contribution in [0.3, 0.4) is 0 Å². The van der Waals surface area contributed by atoms with Gasteiger partial charge in [-0.15, -0.1) is 0 Å². The van der Waals surface area contributed by atoms with Crippen molar-refractivity contribution in [3.8, 4) is 0 Å². The van der Waals surface area contributed by atoms with Gasteiger partial charge in [0.25, 0.3) is 0 Å². The van der Waals surface area contributed by atoms with Gasteiger partial charge in [-0.25, -0.2) is 0 Å². The van der Waals surface area contributed by atoms with E-state index < -0.39 is 0 Å². The molecule has 3 saturated carbocycles. The molecule has 0 saturated heterocycles. The first-order valence-corrected chi connectivity index (χ1v) is 11.7. The molecule has 0 amide bonds. The number of carbonyl (C=O) groups is 1. The van der Waals surface area contributed by atoms with Crippen molar-refractivity contribution in [2.24, 2.45) is 40.4 Å². The van der Waals surface area contributed by atoms with Gasteiger partial charge in [-0.05, 0) is 91.8 Å². The summed E-state index contributed by atoms with van der Waals surface area (Å²) in [7, 11) is 1.51. The van der Waals surface area contributed by atoms with Gasteiger partial charge in [-0.2, -0.15) is 0 Å². The maximum Gasteiger partial charge on any atom is 0.305 e. The predicted octanol–water partition coefficient (Wildman–Crippen LogP) is 6.54. The minimum absolute atomic E-state index is 0.0454. The first-order chi connectivity index (χ1) is 12.9. The van der Waals surface area contributed by atoms with Gasteiger partial charge in [0.2, 0.25) is 0 Å². The third-order valence-electron chi connectivity index (χ3n) is 9.73. The molecule has 3 fully saturated rings. The Hall–Kier alpha value is -0.790. The molecule has 27 heavy (non-hydrogen) atoms. The second-order valence-corrected chi connectivity index (χ2v) is 10.8. The molecular formula is C25H40O2. The van der Waals surface area contributed by atoms with E-state index in [1.54, 1.807) is 0 Å². The number of carbonyl (C=O) groups excluding carboxylic acids is 1. The van der Waals surface area contributed by atoms with Gasteiger partial charge in [0, 0.05) is 6.42 Å². The molecule has 0 spiro atoms. The van der Waals surface area contributed by atoms with E-state index in [4.69, 9.17) is 4.74 Å². The van der Waals surface area contributed by atoms with Crippen LogP contribution in [0, 0.1) is 40.4 Å². The summed E-state index contributed by atoms with van der Waals surface area (Å²) in [6.07, 6.45) is 17.0. The van der Waals surface area contributed by atoms with Crippen LogP contribution in [0.25, 0.3) is 0 Å². The van der Waals surface area contributed by atoms with Gasteiger partial charge in [-0.1, -0.05) is 45.3 Å². The average Bonchev–Trinajstić information content (AvgIpc) is 3.02. The maximum absolute atomic E-state index is 11.6. The summed E-state index contributed by atoms with van der Waals surface area (Å²) in [5, 5.41) is 0. The molecule has 7 atom stereocenters. The molecule has 0 N–H and O–H groups in total. The van der Waals surface area contributed by atoms with Crippen molar-refractivity contribution in [1.29, 1.82) is 0 Å². The Kier molecular flexibility index (Phi) is 5.23. The van der Waals surface area contributed by atoms with Crippen molar-refractivity contribution in [3.05, 3.63) is 11.6 Å². The summed E-state index contributed by atoms with van der Waals surface area (Å²) in [5.74, 6) is 4.02. The fraction of sp³-hybridized carbons (Fsp3) is 0.880. The van der Waals surface area contributed by atoms with E-state index in [1.807, 2.05) is 5.57 Å². The molecule has 0 aromatic heterocycles. The fourth-order valence-electron chi connectivity index (χ4n) is 8.18. The lowest BCUT2D eigenvalue weighted by atomic mass is 9.48. The zero-order chi connectivity index (χ0) is 19.2. The topological polar surface area (TPSA) is 26.3 Å². The Labute approximate surface area is 166 Å². The number of hydrogen-bond donors (Lipinski definition) is 0. The summed E-state index contributed by atoms with van der Waals surface area (Å²) >= 11 is 0. The van der Waals surface area contributed by atoms with Crippen LogP contribution in [0.5, 0.6) is 0 Å². The van der Waals surface area contributed by atoms with E-state index in [0.717, 1.165) is 30.1 Å². The number of esters is 1. The normalized spacial score (nSPS) is 44.5. The maximum atomic E-state index is 11.6. The molecular weight excluding hydrogens is 332 g/mol. The van der Waals surface area contributed by atoms with Crippen molar-refractivity contribution in [2.75, 3.05) is 7.11 Å². The Morgan fingerprint density at radius 1 is 1.19 bits per heavy atom. The largest absolute Gasteiger partial charge is 0.469 e. The molecule has 1 unspecified atom stereocenters. The summed E-state index contributed by atoms with van der Waals surface area (Å²) in [6.45, 7) is 7.59. The molecule has 4 aliphatic carbocycles. The van der Waals surface area contributed by atoms with Gasteiger partial charge in [0.1, 0.15) is 0 Å². The summed E-state index contributed by atoms with van der Waals surface area (Å²) in [4.78, 5) is 11.6. The Morgan fingerprint density at radius 3 is 2.78 bits per heavy atom. The smallest absolute Gasteiger partial charge is 0.305 e. The Bertz CT molecular complexity index is 607. The van der Waals surface area contributed by atoms with Crippen molar-refractivity contribution >= 4 is 5.97 Å². The molecule has 152 valence electrons. The highest BCUT2D eigenvalue weighted by Crippen LogP contribution is 2.66. The number of allylic oxidation sites excluding steroid dienone is 2. The van der Waals surface area contributed by atoms with E-state index in [-0.39, 0.29) is 5.97 Å². The van der Waals surface area contributed by atoms with Crippen LogP contribution in [-0.2, 0) is 9.53 Å². The molecule has 2 nitrogen and oxygen atoms in total. The standard InChI is InChI=1S/C25H40O2/c1-17(8-13-23(26)27-4)20-11-12-21-19-10-9-18-7-5-6-15-24(18,2)22(19)14-16-25(20,21)3/h14,17-21H,5-13,15-16H2,1-4H3/t17-,18?,19+,20-,21+,24+,25-/m1/s1. The summed E-state index contributed by atoms with van der Waals surface area (Å²) in [5.41, 5.74) is 2.84. The van der Waals surface area contributed by atoms with Gasteiger partial charge in [0.05, 0.1) is 7.11 Å². The highest BCUT2D eigenvalue weighted by atomic mass is 16.5. The highest BCUT2D eigenvalue weighted by molar-refractivity contribution is 5.69. The second-order valence-electron chi connectivity index (χ2n) is 10.8. The fourth-order valence-corrected chi connectivity index (χ4v) is 8.18. The Balaban J connectivity index is 1.54. The molecule has 2 heteroatoms. The summed E-state index contributed by atoms with van der Waals surface area (Å²) in [6, 6.07) is 0. The number of rotatable bonds is 4. The van der Waals surface area contributed by atoms with E-state index in [2.05, 4.69) is 26.8 Å². The SMILES string of the molecule is COC(=O)CC[C@@H](C)[C@H]1CC[C@H]2[C@@H]3CCC4CCCC[C@]4(C)C3=CC[C@]12C. The molecule has 4 rings (SSSR count). The molecule has 0 heterocycles. The third kappa shape index (κ3) is 3.10. The molecule has 0 aromatic carbocycles. The van der Waals surface area contributed by atoms with Crippen LogP contribution in [-0.4, -0.2) is 13.1 Å². The summed E-state index contributed by atoms with van der Waals surface area (Å²) < 4.78 is 4.88. The van der Waals surface area contributed by atoms with Crippen molar-refractivity contribution in [3.63, 3.8) is 0 Å². The van der Waals surface area contributed by atoms with Crippen LogP contribution < -0.4 is 0 Å². The Morgan fingerprint density at radius 2 is 2.00 bits per heavy atom. The molecule has 0 bridgehead atoms. The van der Waals surface area contributed by atoms with Crippen LogP contribution >= 0.6 is 0 Å². The lowest BCUT2D eigenvalue weighted by Gasteiger charge is -2.56. The molecule has 0 aliphatic heterocycles. The zero-order valence-corrected chi connectivity index (χ0v) is 18.1. The number of hydrogen-bond acceptors (Lipinski definition) is 2. The lowest BCUT2D eigenvalue weighted by Crippen LogP contribution is -2.47. The van der Waals surface area contributed by atoms with Crippen molar-refractivity contribution in [2.45, 2.75) is 91.4 Å². The minimum atomic E-state index is -0.0454. The van der Waals surface area contributed by atoms with E-state index in [0.29, 0.717) is 23.2 Å². The quantitative estimate of drug-likeness (QED) is 0.413. The lowest BCUT2D eigenvalue weighted by molar-refractivity contribution is -0.141. The van der Waals surface area contributed by atoms with Crippen LogP contribution in [0.2, 0.25) is 0 Å². The van der Waals surface area contributed by atoms with Crippen molar-refractivity contribution < 1.29 is 9.53 Å². The monoisotopic (exact) mass is 372 g/mol. The predicted molar refractivity (Wildman–Crippen MR) is 110 cm³/mol. The van der Waals surface area contributed by atoms with Crippen LogP contribution in [0.1, 0.15) is 91.4 Å². The number of ether oxygens (including phenoxy) is 1. The van der Waals surface area contributed by atoms with Gasteiger partial charge in [0.15, 0.2) is 0 Å². The van der Waals surface area contributed by atoms with Gasteiger partial charge in [-0.3, -0.25) is 4.79 Å². The first-order valence-electron chi connectivity index (χ1n) is 11.7. The molecule has 0 aromatic rings. The average molecular weight is 373 g/mol. The number of methoxy groups -OCH3 is 1. The number of fused-ring (bicyclic) bond motifs is 5. The second kappa shape index (κ2) is 7.23. The van der Waals surface area contributed by atoms with Gasteiger partial charge < -0.3 is 4.74 Å². The van der Waals surface area contributed by atoms with Crippen molar-refractivity contribution in [1.82, 2.24) is 0 Å². The van der Waals surface area contributed by atoms with Gasteiger partial charge >= 0.3 is 5.97 Å². The first kappa shape index (κ1) is 19.5. The van der Waals surface area contributed by atoms with E-state index >= 15 is 0 Å². The minimum Gasteiger partial charge on any atom is -0.469 e. The highest BCUT2D eigenvalue weighted by Gasteiger charge is 2.57.